The Balaban J connectivity index is 1.78. The number of carbonyl (C=O) groups is 2. The number of hydrogen-bond donors (Lipinski definition) is 2. The lowest BCUT2D eigenvalue weighted by atomic mass is 10.1. The van der Waals surface area contributed by atoms with E-state index < -0.39 is 0 Å². The smallest absolute Gasteiger partial charge is 0.275 e. The monoisotopic (exact) mass is 391 g/mol. The summed E-state index contributed by atoms with van der Waals surface area (Å²) < 4.78 is 0.682. The van der Waals surface area contributed by atoms with Crippen LogP contribution in [0.15, 0.2) is 35.7 Å². The van der Waals surface area contributed by atoms with Crippen LogP contribution in [0.1, 0.15) is 23.0 Å². The van der Waals surface area contributed by atoms with Crippen molar-refractivity contribution in [2.75, 3.05) is 10.6 Å². The van der Waals surface area contributed by atoms with Crippen LogP contribution in [0.5, 0.6) is 0 Å². The van der Waals surface area contributed by atoms with Crippen LogP contribution < -0.4 is 10.6 Å². The molecule has 0 atom stereocenters. The third kappa shape index (κ3) is 4.25. The van der Waals surface area contributed by atoms with E-state index in [0.29, 0.717) is 21.4 Å². The van der Waals surface area contributed by atoms with Gasteiger partial charge in [-0.25, -0.2) is 4.98 Å². The number of rotatable bonds is 4. The van der Waals surface area contributed by atoms with Crippen LogP contribution >= 0.6 is 34.3 Å². The zero-order valence-electron chi connectivity index (χ0n) is 13.4. The second-order valence-electron chi connectivity index (χ2n) is 5.31. The molecule has 128 valence electrons. The van der Waals surface area contributed by atoms with Gasteiger partial charge in [-0.2, -0.15) is 0 Å². The summed E-state index contributed by atoms with van der Waals surface area (Å²) >= 11 is 8.76. The van der Waals surface area contributed by atoms with Crippen molar-refractivity contribution < 1.29 is 9.59 Å². The molecule has 0 aliphatic rings. The maximum Gasteiger partial charge on any atom is 0.275 e. The number of aryl methyl sites for hydroxylation is 1. The number of anilines is 2. The Kier molecular flexibility index (Phi) is 5.17. The van der Waals surface area contributed by atoms with Crippen molar-refractivity contribution in [2.45, 2.75) is 13.8 Å². The van der Waals surface area contributed by atoms with Crippen LogP contribution in [-0.4, -0.2) is 16.8 Å². The highest BCUT2D eigenvalue weighted by atomic mass is 35.5. The van der Waals surface area contributed by atoms with E-state index in [1.165, 1.54) is 29.6 Å². The molecule has 0 fully saturated rings. The van der Waals surface area contributed by atoms with Crippen LogP contribution in [0.25, 0.3) is 9.88 Å². The molecule has 0 aliphatic carbocycles. The van der Waals surface area contributed by atoms with E-state index in [1.807, 2.05) is 19.1 Å². The highest BCUT2D eigenvalue weighted by molar-refractivity contribution is 7.23. The Morgan fingerprint density at radius 1 is 1.16 bits per heavy atom. The number of halogens is 1. The van der Waals surface area contributed by atoms with Crippen molar-refractivity contribution in [1.82, 2.24) is 4.98 Å². The standard InChI is InChI=1S/C17H14ClN3O2S2/c1-9-3-4-11(19-10(2)22)7-12(9)20-16(23)13-8-24-17(21-13)14-5-6-15(18)25-14/h3-8H,1-2H3,(H,19,22)(H,20,23). The first-order chi connectivity index (χ1) is 11.9. The van der Waals surface area contributed by atoms with Crippen molar-refractivity contribution in [2.24, 2.45) is 0 Å². The maximum absolute atomic E-state index is 12.5. The van der Waals surface area contributed by atoms with E-state index in [4.69, 9.17) is 11.6 Å². The Morgan fingerprint density at radius 2 is 1.96 bits per heavy atom. The number of thiazole rings is 1. The molecule has 2 aromatic heterocycles. The number of thiophene rings is 1. The summed E-state index contributed by atoms with van der Waals surface area (Å²) in [6.07, 6.45) is 0. The highest BCUT2D eigenvalue weighted by Crippen LogP contribution is 2.33. The average molecular weight is 392 g/mol. The first kappa shape index (κ1) is 17.6. The van der Waals surface area contributed by atoms with Gasteiger partial charge >= 0.3 is 0 Å². The fourth-order valence-corrected chi connectivity index (χ4v) is 4.06. The zero-order chi connectivity index (χ0) is 18.0. The average Bonchev–Trinajstić information content (AvgIpc) is 3.18. The van der Waals surface area contributed by atoms with Crippen LogP contribution in [0, 0.1) is 6.92 Å². The molecule has 2 heterocycles. The van der Waals surface area contributed by atoms with Gasteiger partial charge in [-0.1, -0.05) is 17.7 Å². The number of aromatic nitrogens is 1. The van der Waals surface area contributed by atoms with Crippen LogP contribution in [0.4, 0.5) is 11.4 Å². The fourth-order valence-electron chi connectivity index (χ4n) is 2.14. The van der Waals surface area contributed by atoms with E-state index in [2.05, 4.69) is 15.6 Å². The molecule has 5 nitrogen and oxygen atoms in total. The minimum absolute atomic E-state index is 0.167. The molecule has 0 saturated carbocycles. The summed E-state index contributed by atoms with van der Waals surface area (Å²) in [5, 5.41) is 8.01. The molecule has 0 spiro atoms. The Morgan fingerprint density at radius 3 is 2.64 bits per heavy atom. The second kappa shape index (κ2) is 7.35. The minimum Gasteiger partial charge on any atom is -0.326 e. The molecule has 3 aromatic rings. The van der Waals surface area contributed by atoms with Gasteiger partial charge in [-0.05, 0) is 36.8 Å². The minimum atomic E-state index is -0.298. The van der Waals surface area contributed by atoms with Gasteiger partial charge in [0.25, 0.3) is 5.91 Å². The summed E-state index contributed by atoms with van der Waals surface area (Å²) in [5.74, 6) is -0.465. The largest absolute Gasteiger partial charge is 0.326 e. The molecular formula is C17H14ClN3O2S2. The molecule has 0 bridgehead atoms. The van der Waals surface area contributed by atoms with Crippen LogP contribution in [0.2, 0.25) is 4.34 Å². The predicted molar refractivity (Wildman–Crippen MR) is 104 cm³/mol. The third-order valence-electron chi connectivity index (χ3n) is 3.33. The number of amides is 2. The lowest BCUT2D eigenvalue weighted by Gasteiger charge is -2.10. The van der Waals surface area contributed by atoms with Gasteiger partial charge in [0.05, 0.1) is 9.21 Å². The lowest BCUT2D eigenvalue weighted by molar-refractivity contribution is -0.114. The van der Waals surface area contributed by atoms with Gasteiger partial charge in [0.15, 0.2) is 0 Å². The van der Waals surface area contributed by atoms with Crippen LogP contribution in [0.3, 0.4) is 0 Å². The normalized spacial score (nSPS) is 10.5. The predicted octanol–water partition coefficient (Wildman–Crippen LogP) is 5.04. The van der Waals surface area contributed by atoms with Gasteiger partial charge in [0.2, 0.25) is 5.91 Å². The topological polar surface area (TPSA) is 71.1 Å². The number of carbonyl (C=O) groups excluding carboxylic acids is 2. The van der Waals surface area contributed by atoms with E-state index in [1.54, 1.807) is 23.6 Å². The van der Waals surface area contributed by atoms with E-state index >= 15 is 0 Å². The molecule has 2 amide bonds. The molecule has 0 saturated heterocycles. The molecule has 0 unspecified atom stereocenters. The van der Waals surface area contributed by atoms with Gasteiger partial charge in [0.1, 0.15) is 10.7 Å². The zero-order valence-corrected chi connectivity index (χ0v) is 15.8. The summed E-state index contributed by atoms with van der Waals surface area (Å²) in [7, 11) is 0. The third-order valence-corrected chi connectivity index (χ3v) is 5.57. The van der Waals surface area contributed by atoms with Gasteiger partial charge < -0.3 is 10.6 Å². The number of hydrogen-bond acceptors (Lipinski definition) is 5. The molecule has 2 N–H and O–H groups in total. The Bertz CT molecular complexity index is 949. The maximum atomic E-state index is 12.5. The molecule has 0 aliphatic heterocycles. The molecule has 8 heteroatoms. The second-order valence-corrected chi connectivity index (χ2v) is 7.88. The van der Waals surface area contributed by atoms with E-state index in [0.717, 1.165) is 15.4 Å². The summed E-state index contributed by atoms with van der Waals surface area (Å²) in [5.41, 5.74) is 2.49. The van der Waals surface area contributed by atoms with Crippen molar-refractivity contribution >= 4 is 57.5 Å². The summed E-state index contributed by atoms with van der Waals surface area (Å²) in [6, 6.07) is 9.03. The quantitative estimate of drug-likeness (QED) is 0.654. The molecule has 0 radical (unpaired) electrons. The summed E-state index contributed by atoms with van der Waals surface area (Å²) in [6.45, 7) is 3.32. The number of nitrogens with zero attached hydrogens (tertiary/aromatic N) is 1. The number of benzene rings is 1. The highest BCUT2D eigenvalue weighted by Gasteiger charge is 2.14. The van der Waals surface area contributed by atoms with Crippen molar-refractivity contribution in [3.8, 4) is 9.88 Å². The lowest BCUT2D eigenvalue weighted by Crippen LogP contribution is -2.14. The SMILES string of the molecule is CC(=O)Nc1ccc(C)c(NC(=O)c2csc(-c3ccc(Cl)s3)n2)c1. The van der Waals surface area contributed by atoms with Gasteiger partial charge in [0, 0.05) is 23.7 Å². The molecular weight excluding hydrogens is 378 g/mol. The fraction of sp³-hybridized carbons (Fsp3) is 0.118. The van der Waals surface area contributed by atoms with Gasteiger partial charge in [-0.15, -0.1) is 22.7 Å². The van der Waals surface area contributed by atoms with Gasteiger partial charge in [-0.3, -0.25) is 9.59 Å². The van der Waals surface area contributed by atoms with E-state index in [-0.39, 0.29) is 11.8 Å². The summed E-state index contributed by atoms with van der Waals surface area (Å²) in [4.78, 5) is 29.0. The van der Waals surface area contributed by atoms with Crippen molar-refractivity contribution in [1.29, 1.82) is 0 Å². The van der Waals surface area contributed by atoms with Crippen LogP contribution in [-0.2, 0) is 4.79 Å². The molecule has 25 heavy (non-hydrogen) atoms. The number of nitrogens with one attached hydrogen (secondary N) is 2. The van der Waals surface area contributed by atoms with Crippen molar-refractivity contribution in [3.05, 3.63) is 51.3 Å². The molecule has 3 rings (SSSR count). The Labute approximate surface area is 157 Å². The van der Waals surface area contributed by atoms with E-state index in [9.17, 15) is 9.59 Å². The Hall–Kier alpha value is -2.22. The first-order valence-electron chi connectivity index (χ1n) is 7.33. The molecule has 1 aromatic carbocycles. The first-order valence-corrected chi connectivity index (χ1v) is 9.40. The van der Waals surface area contributed by atoms with Crippen molar-refractivity contribution in [3.63, 3.8) is 0 Å².